The van der Waals surface area contributed by atoms with Gasteiger partial charge in [0.05, 0.1) is 0 Å². The largest absolute Gasteiger partial charge is 0.352 e. The maximum absolute atomic E-state index is 11.8. The first-order chi connectivity index (χ1) is 9.20. The predicted molar refractivity (Wildman–Crippen MR) is 81.7 cm³/mol. The molecule has 0 radical (unpaired) electrons. The minimum atomic E-state index is -0.437. The summed E-state index contributed by atoms with van der Waals surface area (Å²) in [7, 11) is 0. The number of rotatable bonds is 4. The molecule has 0 fully saturated rings. The van der Waals surface area contributed by atoms with Crippen LogP contribution in [0.3, 0.4) is 0 Å². The van der Waals surface area contributed by atoms with E-state index in [-0.39, 0.29) is 11.8 Å². The van der Waals surface area contributed by atoms with E-state index in [1.807, 2.05) is 34.6 Å². The van der Waals surface area contributed by atoms with Gasteiger partial charge >= 0.3 is 0 Å². The van der Waals surface area contributed by atoms with Gasteiger partial charge in [0.15, 0.2) is 0 Å². The average molecular weight is 276 g/mol. The second kappa shape index (κ2) is 6.55. The lowest BCUT2D eigenvalue weighted by Gasteiger charge is -2.17. The summed E-state index contributed by atoms with van der Waals surface area (Å²) in [5.74, 6) is 0.284. The summed E-state index contributed by atoms with van der Waals surface area (Å²) in [6.45, 7) is 10.3. The smallest absolute Gasteiger partial charge is 0.251 e. The molecule has 4 nitrogen and oxygen atoms in total. The van der Waals surface area contributed by atoms with Crippen LogP contribution in [0.4, 0.5) is 5.69 Å². The summed E-state index contributed by atoms with van der Waals surface area (Å²) in [5.41, 5.74) is 0.859. The lowest BCUT2D eigenvalue weighted by molar-refractivity contribution is -0.123. The van der Waals surface area contributed by atoms with E-state index in [1.54, 1.807) is 24.3 Å². The molecule has 0 aliphatic heterocycles. The van der Waals surface area contributed by atoms with Gasteiger partial charge in [-0.25, -0.2) is 0 Å². The van der Waals surface area contributed by atoms with Gasteiger partial charge in [0.2, 0.25) is 5.91 Å². The first kappa shape index (κ1) is 16.2. The van der Waals surface area contributed by atoms with Crippen LogP contribution >= 0.6 is 0 Å². The molecular weight excluding hydrogens is 252 g/mol. The van der Waals surface area contributed by atoms with Crippen LogP contribution in [0.15, 0.2) is 24.3 Å². The van der Waals surface area contributed by atoms with Crippen LogP contribution in [-0.4, -0.2) is 18.4 Å². The zero-order valence-corrected chi connectivity index (χ0v) is 12.9. The molecule has 110 valence electrons. The Hall–Kier alpha value is -1.84. The molecule has 20 heavy (non-hydrogen) atoms. The molecule has 1 aromatic rings. The standard InChI is InChI=1S/C16H24N2O2/c1-11(2)10-17-14(19)12-6-8-13(9-7-12)18-15(20)16(3,4)5/h6-9,11H,10H2,1-5H3,(H,17,19)(H,18,20). The first-order valence-corrected chi connectivity index (χ1v) is 6.90. The van der Waals surface area contributed by atoms with E-state index < -0.39 is 5.41 Å². The SMILES string of the molecule is CC(C)CNC(=O)c1ccc(NC(=O)C(C)(C)C)cc1. The van der Waals surface area contributed by atoms with Gasteiger partial charge < -0.3 is 10.6 Å². The average Bonchev–Trinajstić information content (AvgIpc) is 2.35. The van der Waals surface area contributed by atoms with E-state index in [2.05, 4.69) is 10.6 Å². The van der Waals surface area contributed by atoms with Crippen LogP contribution in [0.2, 0.25) is 0 Å². The second-order valence-electron chi connectivity index (χ2n) is 6.39. The van der Waals surface area contributed by atoms with Gasteiger partial charge in [-0.3, -0.25) is 9.59 Å². The van der Waals surface area contributed by atoms with E-state index in [0.717, 1.165) is 0 Å². The third-order valence-electron chi connectivity index (χ3n) is 2.76. The highest BCUT2D eigenvalue weighted by Gasteiger charge is 2.21. The molecule has 0 bridgehead atoms. The number of carbonyl (C=O) groups is 2. The van der Waals surface area contributed by atoms with Gasteiger partial charge in [0, 0.05) is 23.2 Å². The van der Waals surface area contributed by atoms with E-state index in [4.69, 9.17) is 0 Å². The number of carbonyl (C=O) groups excluding carboxylic acids is 2. The van der Waals surface area contributed by atoms with Crippen molar-refractivity contribution >= 4 is 17.5 Å². The normalized spacial score (nSPS) is 11.3. The van der Waals surface area contributed by atoms with Gasteiger partial charge in [0.1, 0.15) is 0 Å². The number of nitrogens with one attached hydrogen (secondary N) is 2. The summed E-state index contributed by atoms with van der Waals surface area (Å²) >= 11 is 0. The van der Waals surface area contributed by atoms with Crippen molar-refractivity contribution in [3.05, 3.63) is 29.8 Å². The highest BCUT2D eigenvalue weighted by molar-refractivity contribution is 5.97. The number of benzene rings is 1. The molecule has 1 aromatic carbocycles. The molecule has 0 aromatic heterocycles. The topological polar surface area (TPSA) is 58.2 Å². The lowest BCUT2D eigenvalue weighted by atomic mass is 9.95. The van der Waals surface area contributed by atoms with E-state index >= 15 is 0 Å². The fourth-order valence-electron chi connectivity index (χ4n) is 1.42. The number of hydrogen-bond donors (Lipinski definition) is 2. The Bertz CT molecular complexity index is 470. The Labute approximate surface area is 121 Å². The minimum absolute atomic E-state index is 0.0468. The predicted octanol–water partition coefficient (Wildman–Crippen LogP) is 3.06. The first-order valence-electron chi connectivity index (χ1n) is 6.90. The molecule has 0 heterocycles. The third-order valence-corrected chi connectivity index (χ3v) is 2.76. The zero-order valence-electron chi connectivity index (χ0n) is 12.9. The van der Waals surface area contributed by atoms with Crippen LogP contribution in [0.1, 0.15) is 45.0 Å². The Morgan fingerprint density at radius 3 is 2.10 bits per heavy atom. The lowest BCUT2D eigenvalue weighted by Crippen LogP contribution is -2.28. The fourth-order valence-corrected chi connectivity index (χ4v) is 1.42. The summed E-state index contributed by atoms with van der Waals surface area (Å²) in [4.78, 5) is 23.7. The van der Waals surface area contributed by atoms with E-state index in [1.165, 1.54) is 0 Å². The molecule has 0 spiro atoms. The zero-order chi connectivity index (χ0) is 15.3. The van der Waals surface area contributed by atoms with Crippen molar-refractivity contribution in [2.75, 3.05) is 11.9 Å². The number of amides is 2. The van der Waals surface area contributed by atoms with Crippen molar-refractivity contribution in [2.24, 2.45) is 11.3 Å². The van der Waals surface area contributed by atoms with Crippen molar-refractivity contribution in [3.8, 4) is 0 Å². The summed E-state index contributed by atoms with van der Waals surface area (Å²) < 4.78 is 0. The fraction of sp³-hybridized carbons (Fsp3) is 0.500. The Morgan fingerprint density at radius 2 is 1.65 bits per heavy atom. The Kier molecular flexibility index (Phi) is 5.31. The van der Waals surface area contributed by atoms with Gasteiger partial charge in [-0.1, -0.05) is 34.6 Å². The maximum atomic E-state index is 11.8. The van der Waals surface area contributed by atoms with Crippen LogP contribution in [0, 0.1) is 11.3 Å². The second-order valence-corrected chi connectivity index (χ2v) is 6.39. The van der Waals surface area contributed by atoms with Crippen molar-refractivity contribution in [1.82, 2.24) is 5.32 Å². The van der Waals surface area contributed by atoms with Gasteiger partial charge in [0.25, 0.3) is 5.91 Å². The van der Waals surface area contributed by atoms with Crippen LogP contribution in [0.25, 0.3) is 0 Å². The van der Waals surface area contributed by atoms with Crippen LogP contribution in [-0.2, 0) is 4.79 Å². The van der Waals surface area contributed by atoms with Gasteiger partial charge in [-0.15, -0.1) is 0 Å². The van der Waals surface area contributed by atoms with Gasteiger partial charge in [-0.05, 0) is 30.2 Å². The molecule has 2 amide bonds. The molecule has 1 rings (SSSR count). The van der Waals surface area contributed by atoms with E-state index in [0.29, 0.717) is 23.7 Å². The number of hydrogen-bond acceptors (Lipinski definition) is 2. The van der Waals surface area contributed by atoms with Crippen LogP contribution < -0.4 is 10.6 Å². The molecule has 0 atom stereocenters. The minimum Gasteiger partial charge on any atom is -0.352 e. The molecular formula is C16H24N2O2. The Balaban J connectivity index is 2.65. The summed E-state index contributed by atoms with van der Waals surface area (Å²) in [5, 5.41) is 5.68. The molecule has 2 N–H and O–H groups in total. The molecule has 0 saturated carbocycles. The molecule has 0 aliphatic rings. The van der Waals surface area contributed by atoms with Crippen molar-refractivity contribution in [1.29, 1.82) is 0 Å². The molecule has 4 heteroatoms. The quantitative estimate of drug-likeness (QED) is 0.888. The maximum Gasteiger partial charge on any atom is 0.251 e. The monoisotopic (exact) mass is 276 g/mol. The highest BCUT2D eigenvalue weighted by Crippen LogP contribution is 2.17. The molecule has 0 unspecified atom stereocenters. The van der Waals surface area contributed by atoms with E-state index in [9.17, 15) is 9.59 Å². The van der Waals surface area contributed by atoms with Crippen LogP contribution in [0.5, 0.6) is 0 Å². The molecule has 0 aliphatic carbocycles. The Morgan fingerprint density at radius 1 is 1.10 bits per heavy atom. The number of anilines is 1. The summed E-state index contributed by atoms with van der Waals surface area (Å²) in [6, 6.07) is 6.92. The summed E-state index contributed by atoms with van der Waals surface area (Å²) in [6.07, 6.45) is 0. The van der Waals surface area contributed by atoms with Crippen molar-refractivity contribution in [2.45, 2.75) is 34.6 Å². The highest BCUT2D eigenvalue weighted by atomic mass is 16.2. The van der Waals surface area contributed by atoms with Crippen molar-refractivity contribution < 1.29 is 9.59 Å². The van der Waals surface area contributed by atoms with Gasteiger partial charge in [-0.2, -0.15) is 0 Å². The molecule has 0 saturated heterocycles. The van der Waals surface area contributed by atoms with Crippen molar-refractivity contribution in [3.63, 3.8) is 0 Å². The third kappa shape index (κ3) is 5.03.